The topological polar surface area (TPSA) is 35.5 Å². The van der Waals surface area contributed by atoms with Crippen LogP contribution in [0.5, 0.6) is 5.75 Å². The molecule has 1 aromatic carbocycles. The number of methoxy groups -OCH3 is 1. The normalized spacial score (nSPS) is 11.1. The molecule has 0 radical (unpaired) electrons. The second kappa shape index (κ2) is 5.95. The van der Waals surface area contributed by atoms with Crippen molar-refractivity contribution in [2.45, 2.75) is 20.3 Å². The number of carbonyl (C=O) groups excluding carboxylic acids is 1. The molecule has 3 heteroatoms. The van der Waals surface area contributed by atoms with Gasteiger partial charge in [-0.1, -0.05) is 12.1 Å². The Morgan fingerprint density at radius 2 is 1.88 bits per heavy atom. The van der Waals surface area contributed by atoms with Gasteiger partial charge >= 0.3 is 5.97 Å². The molecule has 0 N–H and O–H groups in total. The van der Waals surface area contributed by atoms with Gasteiger partial charge in [-0.15, -0.1) is 0 Å². The maximum atomic E-state index is 10.6. The fraction of sp³-hybridized carbons (Fsp3) is 0.308. The standard InChI is InChI=1S/C13H16O3/c1-10(9-16-11(2)14)8-12-4-6-13(15-3)7-5-12/h4-7,9H,8H2,1-3H3. The van der Waals surface area contributed by atoms with E-state index in [4.69, 9.17) is 9.47 Å². The van der Waals surface area contributed by atoms with E-state index in [9.17, 15) is 4.79 Å². The first-order valence-electron chi connectivity index (χ1n) is 5.07. The molecule has 86 valence electrons. The second-order valence-electron chi connectivity index (χ2n) is 3.60. The molecule has 0 aliphatic carbocycles. The van der Waals surface area contributed by atoms with Gasteiger partial charge in [0.1, 0.15) is 5.75 Å². The lowest BCUT2D eigenvalue weighted by Gasteiger charge is -2.03. The number of hydrogen-bond acceptors (Lipinski definition) is 3. The van der Waals surface area contributed by atoms with E-state index in [1.165, 1.54) is 13.2 Å². The van der Waals surface area contributed by atoms with Crippen molar-refractivity contribution in [1.82, 2.24) is 0 Å². The van der Waals surface area contributed by atoms with E-state index in [1.807, 2.05) is 31.2 Å². The zero-order chi connectivity index (χ0) is 12.0. The van der Waals surface area contributed by atoms with Crippen LogP contribution in [0, 0.1) is 0 Å². The highest BCUT2D eigenvalue weighted by molar-refractivity contribution is 5.66. The first-order valence-corrected chi connectivity index (χ1v) is 5.07. The van der Waals surface area contributed by atoms with Crippen LogP contribution < -0.4 is 4.74 Å². The molecule has 0 aromatic heterocycles. The Morgan fingerprint density at radius 1 is 1.25 bits per heavy atom. The van der Waals surface area contributed by atoms with Crippen LogP contribution in [0.2, 0.25) is 0 Å². The van der Waals surface area contributed by atoms with E-state index >= 15 is 0 Å². The van der Waals surface area contributed by atoms with Crippen LogP contribution in [0.4, 0.5) is 0 Å². The summed E-state index contributed by atoms with van der Waals surface area (Å²) in [5, 5.41) is 0. The molecular weight excluding hydrogens is 204 g/mol. The number of hydrogen-bond donors (Lipinski definition) is 0. The molecule has 0 aliphatic heterocycles. The maximum Gasteiger partial charge on any atom is 0.307 e. The SMILES string of the molecule is COc1ccc(CC(C)=COC(C)=O)cc1. The highest BCUT2D eigenvalue weighted by Crippen LogP contribution is 2.14. The van der Waals surface area contributed by atoms with Crippen molar-refractivity contribution in [1.29, 1.82) is 0 Å². The zero-order valence-electron chi connectivity index (χ0n) is 9.82. The Hall–Kier alpha value is -1.77. The van der Waals surface area contributed by atoms with Gasteiger partial charge in [-0.3, -0.25) is 4.79 Å². The van der Waals surface area contributed by atoms with E-state index in [0.29, 0.717) is 0 Å². The predicted molar refractivity (Wildman–Crippen MR) is 62.2 cm³/mol. The first kappa shape index (κ1) is 12.3. The van der Waals surface area contributed by atoms with Crippen molar-refractivity contribution in [2.24, 2.45) is 0 Å². The molecule has 0 heterocycles. The average molecular weight is 220 g/mol. The summed E-state index contributed by atoms with van der Waals surface area (Å²) in [6, 6.07) is 7.80. The molecule has 16 heavy (non-hydrogen) atoms. The van der Waals surface area contributed by atoms with Crippen molar-refractivity contribution in [2.75, 3.05) is 7.11 Å². The molecule has 0 atom stereocenters. The van der Waals surface area contributed by atoms with Crippen LogP contribution in [-0.4, -0.2) is 13.1 Å². The Kier molecular flexibility index (Phi) is 4.58. The minimum atomic E-state index is -0.297. The smallest absolute Gasteiger partial charge is 0.307 e. The number of carbonyl (C=O) groups is 1. The predicted octanol–water partition coefficient (Wildman–Crippen LogP) is 2.70. The Morgan fingerprint density at radius 3 is 2.38 bits per heavy atom. The highest BCUT2D eigenvalue weighted by atomic mass is 16.5. The van der Waals surface area contributed by atoms with Gasteiger partial charge < -0.3 is 9.47 Å². The quantitative estimate of drug-likeness (QED) is 0.578. The third-order valence-electron chi connectivity index (χ3n) is 2.07. The van der Waals surface area contributed by atoms with E-state index in [-0.39, 0.29) is 5.97 Å². The molecule has 0 unspecified atom stereocenters. The average Bonchev–Trinajstić information content (AvgIpc) is 2.27. The van der Waals surface area contributed by atoms with Crippen LogP contribution in [0.1, 0.15) is 19.4 Å². The van der Waals surface area contributed by atoms with Crippen LogP contribution in [0.25, 0.3) is 0 Å². The third kappa shape index (κ3) is 4.17. The summed E-state index contributed by atoms with van der Waals surface area (Å²) in [5.41, 5.74) is 2.15. The van der Waals surface area contributed by atoms with Gasteiger partial charge in [0.15, 0.2) is 0 Å². The minimum absolute atomic E-state index is 0.297. The van der Waals surface area contributed by atoms with Crippen molar-refractivity contribution < 1.29 is 14.3 Å². The summed E-state index contributed by atoms with van der Waals surface area (Å²) in [6.45, 7) is 3.31. The molecule has 0 saturated carbocycles. The van der Waals surface area contributed by atoms with Gasteiger partial charge in [-0.25, -0.2) is 0 Å². The number of rotatable bonds is 4. The van der Waals surface area contributed by atoms with Gasteiger partial charge in [-0.05, 0) is 36.6 Å². The molecule has 0 bridgehead atoms. The van der Waals surface area contributed by atoms with Crippen molar-refractivity contribution in [3.05, 3.63) is 41.7 Å². The Balaban J connectivity index is 2.58. The lowest BCUT2D eigenvalue weighted by Crippen LogP contribution is -1.94. The van der Waals surface area contributed by atoms with Gasteiger partial charge in [0.2, 0.25) is 0 Å². The number of esters is 1. The lowest BCUT2D eigenvalue weighted by molar-refractivity contribution is -0.135. The molecule has 0 aliphatic rings. The Labute approximate surface area is 95.7 Å². The fourth-order valence-electron chi connectivity index (χ4n) is 1.29. The summed E-state index contributed by atoms with van der Waals surface area (Å²) < 4.78 is 9.86. The zero-order valence-corrected chi connectivity index (χ0v) is 9.82. The third-order valence-corrected chi connectivity index (χ3v) is 2.07. The van der Waals surface area contributed by atoms with Crippen molar-refractivity contribution in [3.8, 4) is 5.75 Å². The largest absolute Gasteiger partial charge is 0.497 e. The molecule has 0 amide bonds. The first-order chi connectivity index (χ1) is 7.61. The summed E-state index contributed by atoms with van der Waals surface area (Å²) >= 11 is 0. The Bertz CT molecular complexity index is 377. The van der Waals surface area contributed by atoms with Crippen molar-refractivity contribution in [3.63, 3.8) is 0 Å². The monoisotopic (exact) mass is 220 g/mol. The van der Waals surface area contributed by atoms with Crippen LogP contribution in [0.3, 0.4) is 0 Å². The van der Waals surface area contributed by atoms with Gasteiger partial charge in [0.05, 0.1) is 13.4 Å². The summed E-state index contributed by atoms with van der Waals surface area (Å²) in [4.78, 5) is 10.6. The van der Waals surface area contributed by atoms with Gasteiger partial charge in [0, 0.05) is 6.92 Å². The van der Waals surface area contributed by atoms with E-state index < -0.39 is 0 Å². The number of allylic oxidation sites excluding steroid dienone is 1. The summed E-state index contributed by atoms with van der Waals surface area (Å²) in [7, 11) is 1.64. The van der Waals surface area contributed by atoms with Crippen molar-refractivity contribution >= 4 is 5.97 Å². The molecule has 0 spiro atoms. The lowest BCUT2D eigenvalue weighted by atomic mass is 10.1. The number of benzene rings is 1. The van der Waals surface area contributed by atoms with E-state index in [1.54, 1.807) is 7.11 Å². The van der Waals surface area contributed by atoms with E-state index in [0.717, 1.165) is 23.3 Å². The molecule has 0 fully saturated rings. The van der Waals surface area contributed by atoms with E-state index in [2.05, 4.69) is 0 Å². The van der Waals surface area contributed by atoms with Crippen LogP contribution >= 0.6 is 0 Å². The van der Waals surface area contributed by atoms with Crippen LogP contribution in [0.15, 0.2) is 36.1 Å². The molecule has 1 aromatic rings. The molecule has 3 nitrogen and oxygen atoms in total. The summed E-state index contributed by atoms with van der Waals surface area (Å²) in [5.74, 6) is 0.541. The second-order valence-corrected chi connectivity index (χ2v) is 3.60. The minimum Gasteiger partial charge on any atom is -0.497 e. The van der Waals surface area contributed by atoms with Crippen LogP contribution in [-0.2, 0) is 16.0 Å². The maximum absolute atomic E-state index is 10.6. The van der Waals surface area contributed by atoms with Gasteiger partial charge in [-0.2, -0.15) is 0 Å². The fourth-order valence-corrected chi connectivity index (χ4v) is 1.29. The molecule has 0 saturated heterocycles. The molecule has 1 rings (SSSR count). The number of ether oxygens (including phenoxy) is 2. The highest BCUT2D eigenvalue weighted by Gasteiger charge is 1.97. The molecular formula is C13H16O3. The van der Waals surface area contributed by atoms with Gasteiger partial charge in [0.25, 0.3) is 0 Å². The summed E-state index contributed by atoms with van der Waals surface area (Å²) in [6.07, 6.45) is 2.25.